The Kier molecular flexibility index (Phi) is 11.7. The molecule has 0 bridgehead atoms. The number of halogens is 1. The lowest BCUT2D eigenvalue weighted by Crippen LogP contribution is -2.59. The van der Waals surface area contributed by atoms with Gasteiger partial charge in [0, 0.05) is 49.3 Å². The van der Waals surface area contributed by atoms with E-state index in [9.17, 15) is 22.8 Å². The van der Waals surface area contributed by atoms with Crippen molar-refractivity contribution in [2.24, 2.45) is 17.8 Å². The van der Waals surface area contributed by atoms with Crippen molar-refractivity contribution >= 4 is 61.6 Å². The summed E-state index contributed by atoms with van der Waals surface area (Å²) >= 11 is 8.46. The van der Waals surface area contributed by atoms with Crippen molar-refractivity contribution in [2.45, 2.75) is 107 Å². The molecule has 2 aliphatic carbocycles. The summed E-state index contributed by atoms with van der Waals surface area (Å²) in [6.45, 7) is 12.0. The van der Waals surface area contributed by atoms with E-state index in [4.69, 9.17) is 40.5 Å². The number of methoxy groups -OCH3 is 2. The fraction of sp³-hybridized carbons (Fsp3) is 0.575. The summed E-state index contributed by atoms with van der Waals surface area (Å²) in [6.07, 6.45) is 2.77. The Balaban J connectivity index is 1.23. The second kappa shape index (κ2) is 16.1. The second-order valence-electron chi connectivity index (χ2n) is 16.1. The maximum atomic E-state index is 14.4. The molecule has 6 atom stereocenters. The maximum Gasteiger partial charge on any atom is 0.259 e. The Labute approximate surface area is 342 Å². The average Bonchev–Trinajstić information content (AvgIpc) is 4.07. The number of amides is 3. The zero-order valence-electron chi connectivity index (χ0n) is 33.0. The third-order valence-electron chi connectivity index (χ3n) is 11.6. The standard InChI is InChI=1S/C40H50ClN5O9S2/c1-8-22-17-40(22,39(49)45-57(50,51)23-9-10-23)44-36(47)29-16-32(28-13-11-24(20(2)3)38(48)46(28)29)55-31-15-26(37-43-27(19-56-37)21(4)5)42-35-25(31)12-14-30(34(35)41)54-18-33(52-6)53-7/h8,12,14-15,19-24,28-29,32-33H,1,9-11,13,16-18H2,2-7H3,(H,44,47)(H,45,49)/t22-,24-,28-,29+,32-,40-/m1/s1. The van der Waals surface area contributed by atoms with Crippen LogP contribution in [0.15, 0.2) is 36.2 Å². The van der Waals surface area contributed by atoms with E-state index in [1.165, 1.54) is 25.6 Å². The first-order chi connectivity index (χ1) is 27.1. The molecule has 2 saturated carbocycles. The number of carbonyl (C=O) groups excluding carboxylic acids is 3. The average molecular weight is 844 g/mol. The van der Waals surface area contributed by atoms with Crippen molar-refractivity contribution in [1.29, 1.82) is 0 Å². The van der Waals surface area contributed by atoms with Gasteiger partial charge < -0.3 is 29.2 Å². The number of rotatable bonds is 16. The molecule has 17 heteroatoms. The minimum absolute atomic E-state index is 0.0304. The van der Waals surface area contributed by atoms with Crippen molar-refractivity contribution in [3.8, 4) is 22.2 Å². The Morgan fingerprint density at radius 1 is 1.11 bits per heavy atom. The molecular formula is C40H50ClN5O9S2. The van der Waals surface area contributed by atoms with Gasteiger partial charge in [-0.1, -0.05) is 45.4 Å². The molecular weight excluding hydrogens is 794 g/mol. The van der Waals surface area contributed by atoms with Gasteiger partial charge in [-0.2, -0.15) is 0 Å². The molecule has 3 aromatic rings. The van der Waals surface area contributed by atoms with Crippen LogP contribution >= 0.6 is 22.9 Å². The lowest BCUT2D eigenvalue weighted by Gasteiger charge is -2.40. The molecule has 57 heavy (non-hydrogen) atoms. The molecule has 4 fully saturated rings. The fourth-order valence-electron chi connectivity index (χ4n) is 7.96. The predicted octanol–water partition coefficient (Wildman–Crippen LogP) is 5.59. The van der Waals surface area contributed by atoms with Gasteiger partial charge in [-0.3, -0.25) is 19.1 Å². The molecule has 14 nitrogen and oxygen atoms in total. The first-order valence-electron chi connectivity index (χ1n) is 19.4. The van der Waals surface area contributed by atoms with E-state index in [2.05, 4.69) is 30.5 Å². The number of fused-ring (bicyclic) bond motifs is 2. The van der Waals surface area contributed by atoms with Crippen LogP contribution in [0.5, 0.6) is 11.5 Å². The van der Waals surface area contributed by atoms with Crippen LogP contribution in [-0.4, -0.2) is 97.1 Å². The van der Waals surface area contributed by atoms with Crippen molar-refractivity contribution in [3.63, 3.8) is 0 Å². The number of ether oxygens (including phenoxy) is 4. The van der Waals surface area contributed by atoms with Gasteiger partial charge in [0.15, 0.2) is 6.29 Å². The summed E-state index contributed by atoms with van der Waals surface area (Å²) in [5.74, 6) is -1.25. The first kappa shape index (κ1) is 41.3. The van der Waals surface area contributed by atoms with Crippen LogP contribution in [0.25, 0.3) is 21.6 Å². The van der Waals surface area contributed by atoms with E-state index in [-0.39, 0.29) is 48.1 Å². The fourth-order valence-corrected chi connectivity index (χ4v) is 10.5. The lowest BCUT2D eigenvalue weighted by molar-refractivity contribution is -0.149. The molecule has 0 unspecified atom stereocenters. The van der Waals surface area contributed by atoms with Crippen LogP contribution < -0.4 is 19.5 Å². The molecule has 0 radical (unpaired) electrons. The monoisotopic (exact) mass is 843 g/mol. The quantitative estimate of drug-likeness (QED) is 0.136. The number of aromatic nitrogens is 2. The molecule has 3 amide bonds. The maximum absolute atomic E-state index is 14.4. The molecule has 2 aliphatic heterocycles. The molecule has 1 aromatic carbocycles. The third kappa shape index (κ3) is 7.99. The summed E-state index contributed by atoms with van der Waals surface area (Å²) < 4.78 is 51.2. The number of nitrogens with one attached hydrogen (secondary N) is 2. The normalized spacial score (nSPS) is 25.9. The molecule has 7 rings (SSSR count). The highest BCUT2D eigenvalue weighted by atomic mass is 35.5. The largest absolute Gasteiger partial charge is 0.487 e. The zero-order valence-corrected chi connectivity index (χ0v) is 35.3. The number of piperidine rings is 1. The van der Waals surface area contributed by atoms with E-state index >= 15 is 0 Å². The number of benzene rings is 1. The number of sulfonamides is 1. The SMILES string of the molecule is C=C[C@@H]1C[C@]1(NC(=O)[C@@H]1C[C@@H](Oc2cc(-c3nc(C(C)C)cs3)nc3c(Cl)c(OCC(OC)OC)ccc23)[C@H]2CC[C@H](C(C)C)C(=O)N21)C(=O)NS(=O)(=O)C1CC1. The van der Waals surface area contributed by atoms with E-state index < -0.39 is 63.0 Å². The highest BCUT2D eigenvalue weighted by Crippen LogP contribution is 2.47. The van der Waals surface area contributed by atoms with Crippen LogP contribution in [0.3, 0.4) is 0 Å². The Bertz CT molecular complexity index is 2170. The molecule has 308 valence electrons. The Morgan fingerprint density at radius 2 is 1.84 bits per heavy atom. The molecule has 4 heterocycles. The van der Waals surface area contributed by atoms with Gasteiger partial charge in [0.05, 0.1) is 22.5 Å². The molecule has 2 aromatic heterocycles. The van der Waals surface area contributed by atoms with Crippen LogP contribution in [0, 0.1) is 17.8 Å². The number of nitrogens with zero attached hydrogens (tertiary/aromatic N) is 3. The molecule has 4 aliphatic rings. The minimum atomic E-state index is -3.87. The van der Waals surface area contributed by atoms with Crippen LogP contribution in [-0.2, 0) is 33.9 Å². The van der Waals surface area contributed by atoms with Gasteiger partial charge in [-0.25, -0.2) is 18.4 Å². The minimum Gasteiger partial charge on any atom is -0.487 e. The smallest absolute Gasteiger partial charge is 0.259 e. The van der Waals surface area contributed by atoms with E-state index in [1.54, 1.807) is 23.1 Å². The van der Waals surface area contributed by atoms with E-state index in [1.807, 2.05) is 25.3 Å². The predicted molar refractivity (Wildman–Crippen MR) is 216 cm³/mol. The molecule has 2 saturated heterocycles. The van der Waals surface area contributed by atoms with Crippen molar-refractivity contribution in [3.05, 3.63) is 47.0 Å². The Hall–Kier alpha value is -3.83. The van der Waals surface area contributed by atoms with Crippen LogP contribution in [0.4, 0.5) is 0 Å². The number of hydrogen-bond donors (Lipinski definition) is 2. The number of pyridine rings is 1. The van der Waals surface area contributed by atoms with Gasteiger partial charge in [0.25, 0.3) is 5.91 Å². The highest BCUT2D eigenvalue weighted by molar-refractivity contribution is 7.91. The third-order valence-corrected chi connectivity index (χ3v) is 14.7. The van der Waals surface area contributed by atoms with Crippen molar-refractivity contribution in [2.75, 3.05) is 20.8 Å². The molecule has 2 N–H and O–H groups in total. The van der Waals surface area contributed by atoms with Crippen molar-refractivity contribution < 1.29 is 41.7 Å². The van der Waals surface area contributed by atoms with Crippen LogP contribution in [0.1, 0.15) is 77.8 Å². The molecule has 0 spiro atoms. The zero-order chi connectivity index (χ0) is 41.0. The van der Waals surface area contributed by atoms with E-state index in [0.29, 0.717) is 58.8 Å². The highest BCUT2D eigenvalue weighted by Gasteiger charge is 2.62. The van der Waals surface area contributed by atoms with Crippen molar-refractivity contribution in [1.82, 2.24) is 24.9 Å². The van der Waals surface area contributed by atoms with Gasteiger partial charge in [0.1, 0.15) is 51.5 Å². The Morgan fingerprint density at radius 3 is 2.46 bits per heavy atom. The lowest BCUT2D eigenvalue weighted by atomic mass is 9.84. The van der Waals surface area contributed by atoms with Gasteiger partial charge in [-0.05, 0) is 56.1 Å². The van der Waals surface area contributed by atoms with E-state index in [0.717, 1.165) is 5.69 Å². The van der Waals surface area contributed by atoms with Gasteiger partial charge in [0.2, 0.25) is 21.8 Å². The van der Waals surface area contributed by atoms with Crippen LogP contribution in [0.2, 0.25) is 5.02 Å². The number of carbonyl (C=O) groups is 3. The number of thiazole rings is 1. The van der Waals surface area contributed by atoms with Gasteiger partial charge in [-0.15, -0.1) is 17.9 Å². The summed E-state index contributed by atoms with van der Waals surface area (Å²) in [7, 11) is -0.845. The summed E-state index contributed by atoms with van der Waals surface area (Å²) in [4.78, 5) is 53.6. The second-order valence-corrected chi connectivity index (χ2v) is 19.3. The first-order valence-corrected chi connectivity index (χ1v) is 22.2. The number of hydrogen-bond acceptors (Lipinski definition) is 12. The summed E-state index contributed by atoms with van der Waals surface area (Å²) in [6, 6.07) is 3.89. The topological polar surface area (TPSA) is 175 Å². The summed E-state index contributed by atoms with van der Waals surface area (Å²) in [5, 5.41) is 5.76. The van der Waals surface area contributed by atoms with Gasteiger partial charge >= 0.3 is 0 Å². The summed E-state index contributed by atoms with van der Waals surface area (Å²) in [5.41, 5.74) is 0.366.